The Hall–Kier alpha value is -2.05. The average molecular weight is 308 g/mol. The Morgan fingerprint density at radius 3 is 2.73 bits per heavy atom. The molecule has 0 spiro atoms. The van der Waals surface area contributed by atoms with E-state index in [1.807, 2.05) is 26.2 Å². The van der Waals surface area contributed by atoms with Crippen molar-refractivity contribution in [3.63, 3.8) is 0 Å². The van der Waals surface area contributed by atoms with Crippen LogP contribution in [0.2, 0.25) is 0 Å². The molecule has 0 atom stereocenters. The highest BCUT2D eigenvalue weighted by molar-refractivity contribution is 5.84. The molecule has 7 heteroatoms. The zero-order valence-electron chi connectivity index (χ0n) is 14.1. The third-order valence-electron chi connectivity index (χ3n) is 3.26. The molecule has 1 heterocycles. The van der Waals surface area contributed by atoms with Crippen molar-refractivity contribution in [1.82, 2.24) is 25.1 Å². The molecular weight excluding hydrogens is 280 g/mol. The molecule has 2 N–H and O–H groups in total. The minimum Gasteiger partial charge on any atom is -0.357 e. The van der Waals surface area contributed by atoms with Crippen molar-refractivity contribution in [2.24, 2.45) is 4.99 Å². The zero-order chi connectivity index (χ0) is 16.4. The first kappa shape index (κ1) is 18.0. The summed E-state index contributed by atoms with van der Waals surface area (Å²) < 4.78 is 2.15. The lowest BCUT2D eigenvalue weighted by Crippen LogP contribution is -2.38. The molecule has 124 valence electrons. The lowest BCUT2D eigenvalue weighted by atomic mass is 10.3. The van der Waals surface area contributed by atoms with Gasteiger partial charge in [0.25, 0.3) is 0 Å². The lowest BCUT2D eigenvalue weighted by Gasteiger charge is -2.12. The van der Waals surface area contributed by atoms with Crippen LogP contribution < -0.4 is 10.6 Å². The molecule has 0 aliphatic heterocycles. The molecule has 0 saturated heterocycles. The first-order valence-electron chi connectivity index (χ1n) is 7.74. The third kappa shape index (κ3) is 6.60. The summed E-state index contributed by atoms with van der Waals surface area (Å²) in [4.78, 5) is 21.6. The Morgan fingerprint density at radius 2 is 2.14 bits per heavy atom. The first-order valence-corrected chi connectivity index (χ1v) is 7.74. The van der Waals surface area contributed by atoms with E-state index in [9.17, 15) is 4.79 Å². The SMILES string of the molecule is CCNC(=NCC(=O)N(C)C)NCCCCn1ccnc1C. The van der Waals surface area contributed by atoms with E-state index in [1.54, 1.807) is 19.0 Å². The van der Waals surface area contributed by atoms with E-state index in [-0.39, 0.29) is 12.5 Å². The number of nitrogens with zero attached hydrogens (tertiary/aromatic N) is 4. The number of hydrogen-bond acceptors (Lipinski definition) is 3. The molecule has 0 aromatic carbocycles. The topological polar surface area (TPSA) is 74.6 Å². The van der Waals surface area contributed by atoms with Crippen LogP contribution >= 0.6 is 0 Å². The van der Waals surface area contributed by atoms with Crippen LogP contribution in [0.1, 0.15) is 25.6 Å². The number of likely N-dealkylation sites (N-methyl/N-ethyl adjacent to an activating group) is 1. The van der Waals surface area contributed by atoms with E-state index >= 15 is 0 Å². The highest BCUT2D eigenvalue weighted by Gasteiger charge is 2.03. The van der Waals surface area contributed by atoms with E-state index in [0.29, 0.717) is 5.96 Å². The van der Waals surface area contributed by atoms with Gasteiger partial charge in [0.2, 0.25) is 5.91 Å². The zero-order valence-corrected chi connectivity index (χ0v) is 14.1. The Balaban J connectivity index is 2.27. The summed E-state index contributed by atoms with van der Waals surface area (Å²) in [5, 5.41) is 6.40. The Bertz CT molecular complexity index is 480. The smallest absolute Gasteiger partial charge is 0.243 e. The summed E-state index contributed by atoms with van der Waals surface area (Å²) in [6.45, 7) is 6.76. The molecule has 0 aliphatic rings. The van der Waals surface area contributed by atoms with Crippen LogP contribution in [0.3, 0.4) is 0 Å². The van der Waals surface area contributed by atoms with Crippen molar-refractivity contribution >= 4 is 11.9 Å². The Morgan fingerprint density at radius 1 is 1.36 bits per heavy atom. The summed E-state index contributed by atoms with van der Waals surface area (Å²) in [6.07, 6.45) is 5.93. The van der Waals surface area contributed by atoms with Gasteiger partial charge in [0, 0.05) is 46.1 Å². The fourth-order valence-electron chi connectivity index (χ4n) is 1.88. The maximum absolute atomic E-state index is 11.5. The molecule has 1 amide bonds. The molecule has 1 rings (SSSR count). The largest absolute Gasteiger partial charge is 0.357 e. The quantitative estimate of drug-likeness (QED) is 0.419. The van der Waals surface area contributed by atoms with Crippen LogP contribution in [0.4, 0.5) is 0 Å². The number of amides is 1. The first-order chi connectivity index (χ1) is 10.5. The molecule has 1 aromatic rings. The van der Waals surface area contributed by atoms with E-state index in [1.165, 1.54) is 0 Å². The predicted octanol–water partition coefficient (Wildman–Crippen LogP) is 0.615. The van der Waals surface area contributed by atoms with Crippen LogP contribution in [0.25, 0.3) is 0 Å². The van der Waals surface area contributed by atoms with Gasteiger partial charge in [-0.2, -0.15) is 0 Å². The van der Waals surface area contributed by atoms with Gasteiger partial charge in [-0.15, -0.1) is 0 Å². The van der Waals surface area contributed by atoms with Crippen molar-refractivity contribution in [2.75, 3.05) is 33.7 Å². The normalized spacial score (nSPS) is 11.4. The van der Waals surface area contributed by atoms with E-state index in [2.05, 4.69) is 25.2 Å². The van der Waals surface area contributed by atoms with Crippen molar-refractivity contribution < 1.29 is 4.79 Å². The number of guanidine groups is 1. The average Bonchev–Trinajstić information content (AvgIpc) is 2.89. The van der Waals surface area contributed by atoms with Gasteiger partial charge in [-0.25, -0.2) is 9.98 Å². The number of unbranched alkanes of at least 4 members (excludes halogenated alkanes) is 1. The second kappa shape index (κ2) is 9.81. The number of rotatable bonds is 8. The molecule has 0 aliphatic carbocycles. The van der Waals surface area contributed by atoms with Crippen LogP contribution in [0, 0.1) is 6.92 Å². The van der Waals surface area contributed by atoms with Gasteiger partial charge in [-0.05, 0) is 26.7 Å². The minimum absolute atomic E-state index is 0.00668. The lowest BCUT2D eigenvalue weighted by molar-refractivity contribution is -0.127. The Labute approximate surface area is 132 Å². The molecule has 1 aromatic heterocycles. The van der Waals surface area contributed by atoms with Crippen molar-refractivity contribution in [2.45, 2.75) is 33.2 Å². The molecular formula is C15H28N6O. The second-order valence-corrected chi connectivity index (χ2v) is 5.29. The van der Waals surface area contributed by atoms with Gasteiger partial charge >= 0.3 is 0 Å². The van der Waals surface area contributed by atoms with Crippen LogP contribution in [-0.2, 0) is 11.3 Å². The number of hydrogen-bond donors (Lipinski definition) is 2. The number of imidazole rings is 1. The van der Waals surface area contributed by atoms with Crippen LogP contribution in [0.5, 0.6) is 0 Å². The maximum Gasteiger partial charge on any atom is 0.243 e. The number of carbonyl (C=O) groups excluding carboxylic acids is 1. The van der Waals surface area contributed by atoms with Crippen molar-refractivity contribution in [3.8, 4) is 0 Å². The number of aliphatic imine (C=N–C) groups is 1. The standard InChI is InChI=1S/C15H28N6O/c1-5-16-15(19-12-14(22)20(3)4)18-8-6-7-10-21-11-9-17-13(21)2/h9,11H,5-8,10,12H2,1-4H3,(H2,16,18,19). The summed E-state index contributed by atoms with van der Waals surface area (Å²) in [5.74, 6) is 1.73. The molecule has 0 saturated carbocycles. The molecule has 0 radical (unpaired) electrons. The van der Waals surface area contributed by atoms with E-state index in [4.69, 9.17) is 0 Å². The van der Waals surface area contributed by atoms with Gasteiger partial charge in [0.15, 0.2) is 5.96 Å². The summed E-state index contributed by atoms with van der Waals surface area (Å²) in [5.41, 5.74) is 0. The fourth-order valence-corrected chi connectivity index (χ4v) is 1.88. The third-order valence-corrected chi connectivity index (χ3v) is 3.26. The van der Waals surface area contributed by atoms with Gasteiger partial charge in [-0.1, -0.05) is 0 Å². The monoisotopic (exact) mass is 308 g/mol. The number of carbonyl (C=O) groups is 1. The maximum atomic E-state index is 11.5. The number of nitrogens with one attached hydrogen (secondary N) is 2. The van der Waals surface area contributed by atoms with Gasteiger partial charge in [0.1, 0.15) is 12.4 Å². The van der Waals surface area contributed by atoms with Crippen LogP contribution in [-0.4, -0.2) is 60.0 Å². The number of aromatic nitrogens is 2. The summed E-state index contributed by atoms with van der Waals surface area (Å²) in [6, 6.07) is 0. The minimum atomic E-state index is -0.00668. The van der Waals surface area contributed by atoms with Crippen molar-refractivity contribution in [1.29, 1.82) is 0 Å². The molecule has 22 heavy (non-hydrogen) atoms. The van der Waals surface area contributed by atoms with E-state index in [0.717, 1.165) is 38.3 Å². The van der Waals surface area contributed by atoms with Gasteiger partial charge in [0.05, 0.1) is 0 Å². The predicted molar refractivity (Wildman–Crippen MR) is 88.9 cm³/mol. The molecule has 0 fully saturated rings. The molecule has 0 bridgehead atoms. The summed E-state index contributed by atoms with van der Waals surface area (Å²) in [7, 11) is 3.46. The second-order valence-electron chi connectivity index (χ2n) is 5.29. The van der Waals surface area contributed by atoms with E-state index < -0.39 is 0 Å². The van der Waals surface area contributed by atoms with Gasteiger partial charge < -0.3 is 20.1 Å². The van der Waals surface area contributed by atoms with Crippen molar-refractivity contribution in [3.05, 3.63) is 18.2 Å². The van der Waals surface area contributed by atoms with Crippen LogP contribution in [0.15, 0.2) is 17.4 Å². The molecule has 0 unspecified atom stereocenters. The number of aryl methyl sites for hydroxylation is 2. The molecule has 7 nitrogen and oxygen atoms in total. The highest BCUT2D eigenvalue weighted by atomic mass is 16.2. The highest BCUT2D eigenvalue weighted by Crippen LogP contribution is 1.99. The summed E-state index contributed by atoms with van der Waals surface area (Å²) >= 11 is 0. The Kier molecular flexibility index (Phi) is 8.03. The van der Waals surface area contributed by atoms with Gasteiger partial charge in [-0.3, -0.25) is 4.79 Å². The fraction of sp³-hybridized carbons (Fsp3) is 0.667.